The van der Waals surface area contributed by atoms with Crippen molar-refractivity contribution in [3.63, 3.8) is 0 Å². The Morgan fingerprint density at radius 2 is 2.23 bits per heavy atom. The first-order valence-corrected chi connectivity index (χ1v) is 7.42. The highest BCUT2D eigenvalue weighted by atomic mass is 16.5. The molecule has 3 rings (SSSR count). The van der Waals surface area contributed by atoms with Gasteiger partial charge >= 0.3 is 5.97 Å². The first-order chi connectivity index (χ1) is 10.6. The lowest BCUT2D eigenvalue weighted by Gasteiger charge is -2.34. The molecule has 2 aliphatic rings. The largest absolute Gasteiger partial charge is 0.481 e. The van der Waals surface area contributed by atoms with Gasteiger partial charge in [0.15, 0.2) is 0 Å². The Morgan fingerprint density at radius 1 is 1.41 bits per heavy atom. The molecule has 1 aliphatic heterocycles. The molecule has 22 heavy (non-hydrogen) atoms. The van der Waals surface area contributed by atoms with Crippen LogP contribution < -0.4 is 5.56 Å². The molecule has 1 fully saturated rings. The molecule has 7 heteroatoms. The number of aryl methyl sites for hydroxylation is 2. The summed E-state index contributed by atoms with van der Waals surface area (Å²) in [5.41, 5.74) is 1.61. The van der Waals surface area contributed by atoms with Crippen molar-refractivity contribution in [3.05, 3.63) is 33.2 Å². The third kappa shape index (κ3) is 2.76. The zero-order valence-electron chi connectivity index (χ0n) is 12.1. The molecule has 0 saturated carbocycles. The van der Waals surface area contributed by atoms with Gasteiger partial charge in [-0.3, -0.25) is 14.4 Å². The molecule has 1 unspecified atom stereocenters. The Labute approximate surface area is 126 Å². The maximum Gasteiger partial charge on any atom is 0.305 e. The Kier molecular flexibility index (Phi) is 3.98. The van der Waals surface area contributed by atoms with Crippen LogP contribution in [-0.2, 0) is 22.4 Å². The number of aromatic amines is 1. The molecule has 0 aromatic carbocycles. The van der Waals surface area contributed by atoms with Gasteiger partial charge in [-0.2, -0.15) is 0 Å². The van der Waals surface area contributed by atoms with Crippen LogP contribution in [0.2, 0.25) is 0 Å². The predicted molar refractivity (Wildman–Crippen MR) is 77.0 cm³/mol. The van der Waals surface area contributed by atoms with Crippen molar-refractivity contribution < 1.29 is 19.4 Å². The van der Waals surface area contributed by atoms with Crippen molar-refractivity contribution >= 4 is 11.9 Å². The number of carbonyl (C=O) groups excluding carboxylic acids is 1. The van der Waals surface area contributed by atoms with Crippen molar-refractivity contribution in [2.24, 2.45) is 0 Å². The molecule has 1 saturated heterocycles. The normalized spacial score (nSPS) is 20.7. The predicted octanol–water partition coefficient (Wildman–Crippen LogP) is 0.179. The second kappa shape index (κ2) is 5.92. The fourth-order valence-corrected chi connectivity index (χ4v) is 3.12. The van der Waals surface area contributed by atoms with Crippen LogP contribution in [-0.4, -0.2) is 52.7 Å². The topological polar surface area (TPSA) is 99.7 Å². The van der Waals surface area contributed by atoms with Crippen LogP contribution >= 0.6 is 0 Å². The summed E-state index contributed by atoms with van der Waals surface area (Å²) in [5, 5.41) is 8.96. The molecule has 1 amide bonds. The Hall–Kier alpha value is -2.15. The van der Waals surface area contributed by atoms with Gasteiger partial charge in [0, 0.05) is 12.2 Å². The Bertz CT molecular complexity index is 666. The zero-order valence-corrected chi connectivity index (χ0v) is 12.1. The number of rotatable bonds is 3. The fraction of sp³-hybridized carbons (Fsp3) is 0.533. The van der Waals surface area contributed by atoms with Crippen molar-refractivity contribution in [3.8, 4) is 0 Å². The van der Waals surface area contributed by atoms with Crippen molar-refractivity contribution in [1.29, 1.82) is 0 Å². The maximum atomic E-state index is 12.7. The van der Waals surface area contributed by atoms with E-state index in [-0.39, 0.29) is 18.6 Å². The van der Waals surface area contributed by atoms with E-state index in [4.69, 9.17) is 9.84 Å². The van der Waals surface area contributed by atoms with Crippen molar-refractivity contribution in [2.45, 2.75) is 31.7 Å². The van der Waals surface area contributed by atoms with Crippen LogP contribution in [0.3, 0.4) is 0 Å². The molecule has 1 atom stereocenters. The molecule has 118 valence electrons. The number of nitrogens with one attached hydrogen (secondary N) is 1. The number of amides is 1. The van der Waals surface area contributed by atoms with E-state index < -0.39 is 23.5 Å². The first kappa shape index (κ1) is 14.8. The lowest BCUT2D eigenvalue weighted by Crippen LogP contribution is -2.50. The summed E-state index contributed by atoms with van der Waals surface area (Å²) in [4.78, 5) is 40.0. The fourth-order valence-electron chi connectivity index (χ4n) is 3.12. The number of aromatic nitrogens is 1. The van der Waals surface area contributed by atoms with E-state index in [0.29, 0.717) is 13.2 Å². The molecule has 1 aromatic rings. The van der Waals surface area contributed by atoms with Crippen molar-refractivity contribution in [2.75, 3.05) is 19.8 Å². The van der Waals surface area contributed by atoms with Crippen LogP contribution in [0.4, 0.5) is 0 Å². The molecule has 1 aliphatic carbocycles. The highest BCUT2D eigenvalue weighted by molar-refractivity contribution is 5.94. The quantitative estimate of drug-likeness (QED) is 0.830. The minimum Gasteiger partial charge on any atom is -0.481 e. The average Bonchev–Trinajstić information content (AvgIpc) is 2.92. The lowest BCUT2D eigenvalue weighted by molar-refractivity contribution is -0.139. The Balaban J connectivity index is 1.89. The van der Waals surface area contributed by atoms with Gasteiger partial charge in [-0.1, -0.05) is 0 Å². The average molecular weight is 306 g/mol. The summed E-state index contributed by atoms with van der Waals surface area (Å²) >= 11 is 0. The van der Waals surface area contributed by atoms with Gasteiger partial charge in [-0.15, -0.1) is 0 Å². The number of fused-ring (bicyclic) bond motifs is 1. The molecule has 0 radical (unpaired) electrons. The Morgan fingerprint density at radius 3 is 3.00 bits per heavy atom. The summed E-state index contributed by atoms with van der Waals surface area (Å²) < 4.78 is 5.26. The number of carboxylic acid groups (broad SMARTS) is 1. The van der Waals surface area contributed by atoms with E-state index in [1.54, 1.807) is 6.07 Å². The third-order valence-electron chi connectivity index (χ3n) is 4.22. The standard InChI is InChI=1S/C15H18N2O5/c18-13(19)7-10-8-22-5-4-17(10)15(21)11-6-9-2-1-3-12(9)16-14(11)20/h6,10H,1-5,7-8H2,(H,16,20)(H,18,19). The summed E-state index contributed by atoms with van der Waals surface area (Å²) in [6.07, 6.45) is 2.48. The monoisotopic (exact) mass is 306 g/mol. The number of H-pyrrole nitrogens is 1. The summed E-state index contributed by atoms with van der Waals surface area (Å²) in [6.45, 7) is 0.832. The van der Waals surface area contributed by atoms with Gasteiger partial charge in [0.1, 0.15) is 5.56 Å². The molecule has 2 N–H and O–H groups in total. The van der Waals surface area contributed by atoms with Crippen LogP contribution in [0.25, 0.3) is 0 Å². The number of morpholine rings is 1. The maximum absolute atomic E-state index is 12.7. The van der Waals surface area contributed by atoms with E-state index in [0.717, 1.165) is 30.5 Å². The number of carbonyl (C=O) groups is 2. The number of ether oxygens (including phenoxy) is 1. The summed E-state index contributed by atoms with van der Waals surface area (Å²) in [6, 6.07) is 1.13. The van der Waals surface area contributed by atoms with Gasteiger partial charge in [0.05, 0.1) is 25.7 Å². The van der Waals surface area contributed by atoms with Gasteiger partial charge in [0.2, 0.25) is 0 Å². The number of pyridine rings is 1. The second-order valence-corrected chi connectivity index (χ2v) is 5.69. The van der Waals surface area contributed by atoms with Gasteiger partial charge < -0.3 is 19.7 Å². The number of hydrogen-bond acceptors (Lipinski definition) is 4. The molecular weight excluding hydrogens is 288 g/mol. The zero-order chi connectivity index (χ0) is 15.7. The van der Waals surface area contributed by atoms with Crippen molar-refractivity contribution in [1.82, 2.24) is 9.88 Å². The minimum atomic E-state index is -0.990. The second-order valence-electron chi connectivity index (χ2n) is 5.69. The molecular formula is C15H18N2O5. The van der Waals surface area contributed by atoms with Crippen LogP contribution in [0.1, 0.15) is 34.5 Å². The van der Waals surface area contributed by atoms with E-state index in [1.807, 2.05) is 0 Å². The molecule has 0 spiro atoms. The third-order valence-corrected chi connectivity index (χ3v) is 4.22. The molecule has 7 nitrogen and oxygen atoms in total. The number of nitrogens with zero attached hydrogens (tertiary/aromatic N) is 1. The smallest absolute Gasteiger partial charge is 0.305 e. The highest BCUT2D eigenvalue weighted by Crippen LogP contribution is 2.20. The summed E-state index contributed by atoms with van der Waals surface area (Å²) in [7, 11) is 0. The molecule has 1 aromatic heterocycles. The lowest BCUT2D eigenvalue weighted by atomic mass is 10.1. The van der Waals surface area contributed by atoms with E-state index in [2.05, 4.69) is 4.98 Å². The number of aliphatic carboxylic acids is 1. The molecule has 2 heterocycles. The van der Waals surface area contributed by atoms with Crippen LogP contribution in [0, 0.1) is 0 Å². The first-order valence-electron chi connectivity index (χ1n) is 7.42. The molecule has 0 bridgehead atoms. The van der Waals surface area contributed by atoms with Gasteiger partial charge in [0.25, 0.3) is 11.5 Å². The van der Waals surface area contributed by atoms with Crippen LogP contribution in [0.5, 0.6) is 0 Å². The minimum absolute atomic E-state index is 0.0953. The summed E-state index contributed by atoms with van der Waals surface area (Å²) in [5.74, 6) is -1.40. The van der Waals surface area contributed by atoms with E-state index >= 15 is 0 Å². The highest BCUT2D eigenvalue weighted by Gasteiger charge is 2.31. The van der Waals surface area contributed by atoms with Gasteiger partial charge in [-0.05, 0) is 30.9 Å². The van der Waals surface area contributed by atoms with Crippen LogP contribution in [0.15, 0.2) is 10.9 Å². The SMILES string of the molecule is O=C(O)CC1COCCN1C(=O)c1cc2c([nH]c1=O)CCC2. The van der Waals surface area contributed by atoms with E-state index in [9.17, 15) is 14.4 Å². The van der Waals surface area contributed by atoms with Gasteiger partial charge in [-0.25, -0.2) is 0 Å². The number of hydrogen-bond donors (Lipinski definition) is 2. The van der Waals surface area contributed by atoms with E-state index in [1.165, 1.54) is 4.90 Å². The number of carboxylic acids is 1.